The molecule has 0 aliphatic rings. The van der Waals surface area contributed by atoms with Crippen LogP contribution in [0.15, 0.2) is 76.3 Å². The lowest BCUT2D eigenvalue weighted by Gasteiger charge is -2.21. The Morgan fingerprint density at radius 3 is 2.51 bits per heavy atom. The van der Waals surface area contributed by atoms with Crippen molar-refractivity contribution in [1.82, 2.24) is 10.7 Å². The van der Waals surface area contributed by atoms with E-state index in [1.54, 1.807) is 31.2 Å². The standard InChI is InChI=1S/C25H22BrCl2N3O4/c1-15(35-23-10-8-18(27)13-20(23)28)24(33)30-21(12-16-5-3-2-4-6-16)25(34)31-29-14-17-7-9-22(32)19(26)11-17/h2-11,13-15,21,32H,12H2,1H3,(H,30,33)(H,31,34)/b29-14-/t15-,21-/m1/s1. The number of benzene rings is 3. The Morgan fingerprint density at radius 2 is 1.83 bits per heavy atom. The van der Waals surface area contributed by atoms with Crippen molar-refractivity contribution in [2.75, 3.05) is 0 Å². The zero-order valence-corrected chi connectivity index (χ0v) is 21.6. The van der Waals surface area contributed by atoms with Gasteiger partial charge in [0.15, 0.2) is 6.10 Å². The highest BCUT2D eigenvalue weighted by Gasteiger charge is 2.25. The summed E-state index contributed by atoms with van der Waals surface area (Å²) in [7, 11) is 0. The molecule has 35 heavy (non-hydrogen) atoms. The zero-order valence-electron chi connectivity index (χ0n) is 18.5. The second-order valence-corrected chi connectivity index (χ2v) is 9.23. The van der Waals surface area contributed by atoms with E-state index in [0.29, 0.717) is 20.8 Å². The fourth-order valence-corrected chi connectivity index (χ4v) is 3.86. The molecular formula is C25H22BrCl2N3O4. The first-order valence-corrected chi connectivity index (χ1v) is 12.0. The predicted octanol–water partition coefficient (Wildman–Crippen LogP) is 5.11. The van der Waals surface area contributed by atoms with Gasteiger partial charge in [-0.15, -0.1) is 0 Å². The lowest BCUT2D eigenvalue weighted by atomic mass is 10.1. The van der Waals surface area contributed by atoms with Gasteiger partial charge in [-0.25, -0.2) is 5.43 Å². The Hall–Kier alpha value is -3.07. The average Bonchev–Trinajstić information content (AvgIpc) is 2.83. The second-order valence-electron chi connectivity index (χ2n) is 7.53. The molecule has 0 bridgehead atoms. The number of phenolic OH excluding ortho intramolecular Hbond substituents is 1. The number of amides is 2. The summed E-state index contributed by atoms with van der Waals surface area (Å²) in [4.78, 5) is 25.7. The molecule has 0 saturated heterocycles. The SMILES string of the molecule is C[C@@H](Oc1ccc(Cl)cc1Cl)C(=O)N[C@H](Cc1ccccc1)C(=O)N/N=C\c1ccc(O)c(Br)c1. The number of nitrogens with one attached hydrogen (secondary N) is 2. The monoisotopic (exact) mass is 577 g/mol. The number of aromatic hydroxyl groups is 1. The van der Waals surface area contributed by atoms with Crippen LogP contribution >= 0.6 is 39.1 Å². The summed E-state index contributed by atoms with van der Waals surface area (Å²) in [6.45, 7) is 1.55. The van der Waals surface area contributed by atoms with Crippen molar-refractivity contribution in [2.45, 2.75) is 25.5 Å². The van der Waals surface area contributed by atoms with E-state index in [1.807, 2.05) is 30.3 Å². The van der Waals surface area contributed by atoms with E-state index in [2.05, 4.69) is 31.8 Å². The van der Waals surface area contributed by atoms with Crippen LogP contribution in [0.4, 0.5) is 0 Å². The van der Waals surface area contributed by atoms with Crippen molar-refractivity contribution >= 4 is 57.2 Å². The quantitative estimate of drug-likeness (QED) is 0.243. The van der Waals surface area contributed by atoms with Crippen LogP contribution in [0.2, 0.25) is 10.0 Å². The van der Waals surface area contributed by atoms with E-state index in [9.17, 15) is 14.7 Å². The lowest BCUT2D eigenvalue weighted by Crippen LogP contribution is -2.50. The number of halogens is 3. The Morgan fingerprint density at radius 1 is 1.09 bits per heavy atom. The molecule has 7 nitrogen and oxygen atoms in total. The molecule has 182 valence electrons. The van der Waals surface area contributed by atoms with Crippen LogP contribution < -0.4 is 15.5 Å². The Balaban J connectivity index is 1.69. The number of rotatable bonds is 9. The molecule has 0 unspecified atom stereocenters. The number of ether oxygens (including phenoxy) is 1. The van der Waals surface area contributed by atoms with E-state index < -0.39 is 24.0 Å². The molecule has 0 radical (unpaired) electrons. The molecule has 3 aromatic carbocycles. The van der Waals surface area contributed by atoms with Crippen LogP contribution in [0.5, 0.6) is 11.5 Å². The molecule has 3 rings (SSSR count). The average molecular weight is 579 g/mol. The molecule has 10 heteroatoms. The van der Waals surface area contributed by atoms with Gasteiger partial charge in [-0.05, 0) is 70.4 Å². The molecule has 0 heterocycles. The van der Waals surface area contributed by atoms with Gasteiger partial charge in [-0.3, -0.25) is 9.59 Å². The van der Waals surface area contributed by atoms with Gasteiger partial charge in [-0.2, -0.15) is 5.10 Å². The minimum absolute atomic E-state index is 0.0908. The molecule has 0 aliphatic heterocycles. The number of hydrazone groups is 1. The van der Waals surface area contributed by atoms with E-state index in [1.165, 1.54) is 18.3 Å². The minimum Gasteiger partial charge on any atom is -0.507 e. The van der Waals surface area contributed by atoms with Crippen molar-refractivity contribution < 1.29 is 19.4 Å². The van der Waals surface area contributed by atoms with Crippen molar-refractivity contribution in [2.24, 2.45) is 5.10 Å². The molecule has 3 N–H and O–H groups in total. The number of phenols is 1. The maximum atomic E-state index is 12.9. The fourth-order valence-electron chi connectivity index (χ4n) is 3.01. The van der Waals surface area contributed by atoms with Gasteiger partial charge in [0.2, 0.25) is 0 Å². The third-order valence-electron chi connectivity index (χ3n) is 4.84. The Kier molecular flexibility index (Phi) is 9.54. The number of hydrogen-bond donors (Lipinski definition) is 3. The van der Waals surface area contributed by atoms with Crippen molar-refractivity contribution in [3.8, 4) is 11.5 Å². The third kappa shape index (κ3) is 7.99. The van der Waals surface area contributed by atoms with Crippen LogP contribution in [0.1, 0.15) is 18.1 Å². The first kappa shape index (κ1) is 26.5. The number of hydrogen-bond acceptors (Lipinski definition) is 5. The van der Waals surface area contributed by atoms with Crippen LogP contribution in [-0.4, -0.2) is 35.3 Å². The maximum Gasteiger partial charge on any atom is 0.262 e. The van der Waals surface area contributed by atoms with Gasteiger partial charge in [0.25, 0.3) is 11.8 Å². The van der Waals surface area contributed by atoms with Gasteiger partial charge >= 0.3 is 0 Å². The zero-order chi connectivity index (χ0) is 25.4. The molecule has 0 spiro atoms. The summed E-state index contributed by atoms with van der Waals surface area (Å²) in [6, 6.07) is 17.8. The summed E-state index contributed by atoms with van der Waals surface area (Å²) in [5.41, 5.74) is 3.96. The normalized spacial score (nSPS) is 12.7. The van der Waals surface area contributed by atoms with Crippen molar-refractivity contribution in [3.05, 3.63) is 92.4 Å². The maximum absolute atomic E-state index is 12.9. The van der Waals surface area contributed by atoms with Crippen molar-refractivity contribution in [3.63, 3.8) is 0 Å². The Labute approximate surface area is 221 Å². The highest BCUT2D eigenvalue weighted by atomic mass is 79.9. The summed E-state index contributed by atoms with van der Waals surface area (Å²) >= 11 is 15.3. The molecule has 0 saturated carbocycles. The van der Waals surface area contributed by atoms with Crippen LogP contribution in [0, 0.1) is 0 Å². The van der Waals surface area contributed by atoms with Gasteiger partial charge < -0.3 is 15.2 Å². The van der Waals surface area contributed by atoms with Crippen LogP contribution in [0.3, 0.4) is 0 Å². The van der Waals surface area contributed by atoms with Crippen LogP contribution in [0.25, 0.3) is 0 Å². The van der Waals surface area contributed by atoms with E-state index in [4.69, 9.17) is 27.9 Å². The first-order valence-electron chi connectivity index (χ1n) is 10.5. The van der Waals surface area contributed by atoms with Gasteiger partial charge in [0.1, 0.15) is 17.5 Å². The van der Waals surface area contributed by atoms with Crippen molar-refractivity contribution in [1.29, 1.82) is 0 Å². The van der Waals surface area contributed by atoms with E-state index >= 15 is 0 Å². The van der Waals surface area contributed by atoms with Gasteiger partial charge in [0.05, 0.1) is 15.7 Å². The largest absolute Gasteiger partial charge is 0.507 e. The highest BCUT2D eigenvalue weighted by Crippen LogP contribution is 2.28. The fraction of sp³-hybridized carbons (Fsp3) is 0.160. The van der Waals surface area contributed by atoms with Gasteiger partial charge in [0, 0.05) is 11.4 Å². The summed E-state index contributed by atoms with van der Waals surface area (Å²) in [6.07, 6.45) is 0.739. The highest BCUT2D eigenvalue weighted by molar-refractivity contribution is 9.10. The molecule has 0 aliphatic carbocycles. The Bertz CT molecular complexity index is 1220. The summed E-state index contributed by atoms with van der Waals surface area (Å²) in [5, 5.41) is 17.0. The molecule has 2 amide bonds. The molecule has 0 fully saturated rings. The molecule has 2 atom stereocenters. The minimum atomic E-state index is -0.933. The lowest BCUT2D eigenvalue weighted by molar-refractivity contribution is -0.132. The second kappa shape index (κ2) is 12.6. The van der Waals surface area contributed by atoms with E-state index in [-0.39, 0.29) is 17.2 Å². The molecule has 3 aromatic rings. The van der Waals surface area contributed by atoms with Gasteiger partial charge in [-0.1, -0.05) is 53.5 Å². The summed E-state index contributed by atoms with van der Waals surface area (Å²) < 4.78 is 6.16. The molecular weight excluding hydrogens is 557 g/mol. The predicted molar refractivity (Wildman–Crippen MR) is 140 cm³/mol. The summed E-state index contributed by atoms with van der Waals surface area (Å²) in [5.74, 6) is -0.618. The van der Waals surface area contributed by atoms with Crippen LogP contribution in [-0.2, 0) is 16.0 Å². The number of nitrogens with zero attached hydrogens (tertiary/aromatic N) is 1. The smallest absolute Gasteiger partial charge is 0.262 e. The first-order chi connectivity index (χ1) is 16.7. The molecule has 0 aromatic heterocycles. The number of carbonyl (C=O) groups is 2. The topological polar surface area (TPSA) is 100 Å². The third-order valence-corrected chi connectivity index (χ3v) is 6.01. The number of carbonyl (C=O) groups excluding carboxylic acids is 2. The van der Waals surface area contributed by atoms with E-state index in [0.717, 1.165) is 5.56 Å².